The van der Waals surface area contributed by atoms with Crippen LogP contribution in [0.4, 0.5) is 5.69 Å². The molecule has 1 N–H and O–H groups in total. The summed E-state index contributed by atoms with van der Waals surface area (Å²) in [5, 5.41) is 2.82. The largest absolute Gasteiger partial charge is 0.489 e. The van der Waals surface area contributed by atoms with E-state index in [0.29, 0.717) is 23.8 Å². The van der Waals surface area contributed by atoms with Crippen molar-refractivity contribution in [2.24, 2.45) is 0 Å². The highest BCUT2D eigenvalue weighted by molar-refractivity contribution is 5.94. The SMILES string of the molecule is C=C(C)COc1cccc(NC(=O)C(C)Oc2ccccc2)c1. The molecule has 0 aromatic heterocycles. The van der Waals surface area contributed by atoms with Crippen molar-refractivity contribution >= 4 is 11.6 Å². The van der Waals surface area contributed by atoms with Crippen LogP contribution in [0.1, 0.15) is 13.8 Å². The zero-order chi connectivity index (χ0) is 16.7. The predicted molar refractivity (Wildman–Crippen MR) is 91.9 cm³/mol. The minimum absolute atomic E-state index is 0.217. The molecule has 2 rings (SSSR count). The molecule has 1 amide bonds. The van der Waals surface area contributed by atoms with Crippen LogP contribution in [0.5, 0.6) is 11.5 Å². The normalized spacial score (nSPS) is 11.4. The number of nitrogens with one attached hydrogen (secondary N) is 1. The number of ether oxygens (including phenoxy) is 2. The molecule has 120 valence electrons. The number of carbonyl (C=O) groups excluding carboxylic acids is 1. The molecule has 0 saturated carbocycles. The van der Waals surface area contributed by atoms with E-state index < -0.39 is 6.10 Å². The molecule has 4 nitrogen and oxygen atoms in total. The Morgan fingerprint density at radius 2 is 1.83 bits per heavy atom. The van der Waals surface area contributed by atoms with Crippen molar-refractivity contribution in [2.45, 2.75) is 20.0 Å². The molecule has 2 aromatic rings. The maximum Gasteiger partial charge on any atom is 0.265 e. The van der Waals surface area contributed by atoms with Crippen LogP contribution >= 0.6 is 0 Å². The molecule has 0 fully saturated rings. The molecule has 0 spiro atoms. The second-order valence-electron chi connectivity index (χ2n) is 5.34. The zero-order valence-electron chi connectivity index (χ0n) is 13.4. The van der Waals surface area contributed by atoms with Crippen molar-refractivity contribution in [2.75, 3.05) is 11.9 Å². The van der Waals surface area contributed by atoms with Crippen molar-refractivity contribution in [3.63, 3.8) is 0 Å². The highest BCUT2D eigenvalue weighted by atomic mass is 16.5. The van der Waals surface area contributed by atoms with Crippen molar-refractivity contribution < 1.29 is 14.3 Å². The molecule has 23 heavy (non-hydrogen) atoms. The summed E-state index contributed by atoms with van der Waals surface area (Å²) in [7, 11) is 0. The van der Waals surface area contributed by atoms with Crippen LogP contribution in [-0.2, 0) is 4.79 Å². The van der Waals surface area contributed by atoms with Gasteiger partial charge in [0.2, 0.25) is 0 Å². The maximum absolute atomic E-state index is 12.2. The molecular formula is C19H21NO3. The van der Waals surface area contributed by atoms with Crippen LogP contribution < -0.4 is 14.8 Å². The van der Waals surface area contributed by atoms with Gasteiger partial charge in [-0.05, 0) is 43.7 Å². The highest BCUT2D eigenvalue weighted by Gasteiger charge is 2.15. The number of hydrogen-bond donors (Lipinski definition) is 1. The molecule has 0 aliphatic carbocycles. The Kier molecular flexibility index (Phi) is 5.80. The van der Waals surface area contributed by atoms with Gasteiger partial charge in [0.15, 0.2) is 6.10 Å². The molecule has 4 heteroatoms. The van der Waals surface area contributed by atoms with Crippen LogP contribution in [0, 0.1) is 0 Å². The van der Waals surface area contributed by atoms with Crippen LogP contribution in [-0.4, -0.2) is 18.6 Å². The van der Waals surface area contributed by atoms with Gasteiger partial charge in [-0.15, -0.1) is 0 Å². The van der Waals surface area contributed by atoms with E-state index in [2.05, 4.69) is 11.9 Å². The van der Waals surface area contributed by atoms with Crippen LogP contribution in [0.25, 0.3) is 0 Å². The summed E-state index contributed by atoms with van der Waals surface area (Å²) in [4.78, 5) is 12.2. The first-order chi connectivity index (χ1) is 11.0. The van der Waals surface area contributed by atoms with Crippen molar-refractivity contribution in [3.05, 3.63) is 66.7 Å². The molecule has 0 aliphatic heterocycles. The summed E-state index contributed by atoms with van der Waals surface area (Å²) in [6.07, 6.45) is -0.600. The molecule has 0 bridgehead atoms. The van der Waals surface area contributed by atoms with Gasteiger partial charge >= 0.3 is 0 Å². The highest BCUT2D eigenvalue weighted by Crippen LogP contribution is 2.18. The average molecular weight is 311 g/mol. The molecule has 1 atom stereocenters. The fourth-order valence-electron chi connectivity index (χ4n) is 1.87. The van der Waals surface area contributed by atoms with E-state index in [1.165, 1.54) is 0 Å². The molecule has 1 unspecified atom stereocenters. The van der Waals surface area contributed by atoms with E-state index in [1.807, 2.05) is 49.4 Å². The molecule has 0 aliphatic rings. The smallest absolute Gasteiger partial charge is 0.265 e. The second kappa shape index (κ2) is 8.03. The Hall–Kier alpha value is -2.75. The van der Waals surface area contributed by atoms with Crippen molar-refractivity contribution in [1.29, 1.82) is 0 Å². The quantitative estimate of drug-likeness (QED) is 0.785. The summed E-state index contributed by atoms with van der Waals surface area (Å²) in [5.41, 5.74) is 1.60. The maximum atomic E-state index is 12.2. The number of rotatable bonds is 7. The van der Waals surface area contributed by atoms with Gasteiger partial charge in [0.1, 0.15) is 18.1 Å². The lowest BCUT2D eigenvalue weighted by Gasteiger charge is -2.15. The van der Waals surface area contributed by atoms with Crippen LogP contribution in [0.2, 0.25) is 0 Å². The Morgan fingerprint density at radius 1 is 1.13 bits per heavy atom. The van der Waals surface area contributed by atoms with E-state index in [-0.39, 0.29) is 5.91 Å². The van der Waals surface area contributed by atoms with Gasteiger partial charge in [0.05, 0.1) is 0 Å². The average Bonchev–Trinajstić information content (AvgIpc) is 2.54. The van der Waals surface area contributed by atoms with E-state index in [0.717, 1.165) is 5.57 Å². The summed E-state index contributed by atoms with van der Waals surface area (Å²) in [5.74, 6) is 1.13. The summed E-state index contributed by atoms with van der Waals surface area (Å²) in [6, 6.07) is 16.5. The van der Waals surface area contributed by atoms with E-state index in [9.17, 15) is 4.79 Å². The van der Waals surface area contributed by atoms with Gasteiger partial charge in [-0.3, -0.25) is 4.79 Å². The van der Waals surface area contributed by atoms with E-state index in [1.54, 1.807) is 19.1 Å². The van der Waals surface area contributed by atoms with Crippen LogP contribution in [0.3, 0.4) is 0 Å². The van der Waals surface area contributed by atoms with Gasteiger partial charge < -0.3 is 14.8 Å². The van der Waals surface area contributed by atoms with E-state index >= 15 is 0 Å². The number of para-hydroxylation sites is 1. The Labute approximate surface area is 136 Å². The lowest BCUT2D eigenvalue weighted by atomic mass is 10.2. The lowest BCUT2D eigenvalue weighted by molar-refractivity contribution is -0.122. The zero-order valence-corrected chi connectivity index (χ0v) is 13.4. The topological polar surface area (TPSA) is 47.6 Å². The van der Waals surface area contributed by atoms with Gasteiger partial charge in [-0.1, -0.05) is 30.8 Å². The second-order valence-corrected chi connectivity index (χ2v) is 5.34. The summed E-state index contributed by atoms with van der Waals surface area (Å²) >= 11 is 0. The first kappa shape index (κ1) is 16.6. The standard InChI is InChI=1S/C19H21NO3/c1-14(2)13-22-18-11-7-8-16(12-18)20-19(21)15(3)23-17-9-5-4-6-10-17/h4-12,15H,1,13H2,2-3H3,(H,20,21). The summed E-state index contributed by atoms with van der Waals surface area (Å²) in [6.45, 7) is 7.85. The van der Waals surface area contributed by atoms with Crippen molar-refractivity contribution in [3.8, 4) is 11.5 Å². The Balaban J connectivity index is 1.94. The van der Waals surface area contributed by atoms with Crippen molar-refractivity contribution in [1.82, 2.24) is 0 Å². The number of amides is 1. The van der Waals surface area contributed by atoms with Crippen LogP contribution in [0.15, 0.2) is 66.7 Å². The lowest BCUT2D eigenvalue weighted by Crippen LogP contribution is -2.30. The third-order valence-electron chi connectivity index (χ3n) is 3.01. The number of benzene rings is 2. The summed E-state index contributed by atoms with van der Waals surface area (Å²) < 4.78 is 11.2. The minimum Gasteiger partial charge on any atom is -0.489 e. The third-order valence-corrected chi connectivity index (χ3v) is 3.01. The van der Waals surface area contributed by atoms with Gasteiger partial charge in [-0.25, -0.2) is 0 Å². The fourth-order valence-corrected chi connectivity index (χ4v) is 1.87. The Bertz CT molecular complexity index is 667. The molecule has 0 radical (unpaired) electrons. The molecule has 0 heterocycles. The first-order valence-electron chi connectivity index (χ1n) is 7.44. The van der Waals surface area contributed by atoms with E-state index in [4.69, 9.17) is 9.47 Å². The van der Waals surface area contributed by atoms with Gasteiger partial charge in [0, 0.05) is 11.8 Å². The number of carbonyl (C=O) groups is 1. The minimum atomic E-state index is -0.600. The monoisotopic (exact) mass is 311 g/mol. The first-order valence-corrected chi connectivity index (χ1v) is 7.44. The predicted octanol–water partition coefficient (Wildman–Crippen LogP) is 4.05. The number of anilines is 1. The van der Waals surface area contributed by atoms with Gasteiger partial charge in [-0.2, -0.15) is 0 Å². The molecular weight excluding hydrogens is 290 g/mol. The fraction of sp³-hybridized carbons (Fsp3) is 0.211. The van der Waals surface area contributed by atoms with Gasteiger partial charge in [0.25, 0.3) is 5.91 Å². The Morgan fingerprint density at radius 3 is 2.52 bits per heavy atom. The number of hydrogen-bond acceptors (Lipinski definition) is 3. The molecule has 0 saturated heterocycles. The third kappa shape index (κ3) is 5.51. The molecule has 2 aromatic carbocycles.